The first kappa shape index (κ1) is 13.1. The van der Waals surface area contributed by atoms with E-state index in [9.17, 15) is 4.79 Å². The van der Waals surface area contributed by atoms with E-state index in [0.717, 1.165) is 5.56 Å². The van der Waals surface area contributed by atoms with Crippen molar-refractivity contribution in [2.75, 3.05) is 0 Å². The number of hydrogen-bond donors (Lipinski definition) is 1. The third-order valence-electron chi connectivity index (χ3n) is 3.42. The number of ether oxygens (including phenoxy) is 1. The topological polar surface area (TPSA) is 38.3 Å². The Hall–Kier alpha value is -1.35. The number of benzene rings is 1. The van der Waals surface area contributed by atoms with Crippen molar-refractivity contribution < 1.29 is 9.53 Å². The zero-order valence-corrected chi connectivity index (χ0v) is 10.9. The molecule has 1 aromatic carbocycles. The average molecular weight is 247 g/mol. The Kier molecular flexibility index (Phi) is 4.76. The van der Waals surface area contributed by atoms with Crippen LogP contribution in [0.25, 0.3) is 0 Å². The average Bonchev–Trinajstić information content (AvgIpc) is 2.90. The number of nitrogens with one attached hydrogen (secondary N) is 1. The zero-order chi connectivity index (χ0) is 12.8. The maximum Gasteiger partial charge on any atom is 0.323 e. The second-order valence-corrected chi connectivity index (χ2v) is 4.96. The fourth-order valence-corrected chi connectivity index (χ4v) is 2.37. The van der Waals surface area contributed by atoms with E-state index in [-0.39, 0.29) is 12.0 Å². The molecule has 0 spiro atoms. The molecule has 1 saturated carbocycles. The highest BCUT2D eigenvalue weighted by Gasteiger charge is 2.21. The number of rotatable bonds is 5. The van der Waals surface area contributed by atoms with Gasteiger partial charge in [-0.25, -0.2) is 0 Å². The molecule has 1 atom stereocenters. The van der Waals surface area contributed by atoms with Crippen molar-refractivity contribution in [2.45, 2.75) is 51.3 Å². The molecule has 0 bridgehead atoms. The molecular formula is C15H21NO2. The minimum Gasteiger partial charge on any atom is -0.460 e. The summed E-state index contributed by atoms with van der Waals surface area (Å²) < 4.78 is 5.30. The van der Waals surface area contributed by atoms with E-state index < -0.39 is 0 Å². The standard InChI is InChI=1S/C15H21NO2/c1-12(16-14-9-5-6-10-14)15(17)18-11-13-7-3-2-4-8-13/h2-4,7-8,12,14,16H,5-6,9-11H2,1H3/t12-/m0/s1. The highest BCUT2D eigenvalue weighted by molar-refractivity contribution is 5.75. The Balaban J connectivity index is 1.73. The normalized spacial score (nSPS) is 17.6. The van der Waals surface area contributed by atoms with Crippen LogP contribution in [0.3, 0.4) is 0 Å². The Bertz CT molecular complexity index is 371. The van der Waals surface area contributed by atoms with Gasteiger partial charge in [-0.1, -0.05) is 43.2 Å². The van der Waals surface area contributed by atoms with E-state index >= 15 is 0 Å². The van der Waals surface area contributed by atoms with Crippen molar-refractivity contribution in [1.29, 1.82) is 0 Å². The quantitative estimate of drug-likeness (QED) is 0.813. The van der Waals surface area contributed by atoms with Crippen LogP contribution in [0.15, 0.2) is 30.3 Å². The molecular weight excluding hydrogens is 226 g/mol. The molecule has 0 saturated heterocycles. The van der Waals surface area contributed by atoms with E-state index in [1.807, 2.05) is 37.3 Å². The molecule has 0 radical (unpaired) electrons. The van der Waals surface area contributed by atoms with Crippen LogP contribution >= 0.6 is 0 Å². The minimum absolute atomic E-state index is 0.161. The van der Waals surface area contributed by atoms with E-state index in [1.54, 1.807) is 0 Å². The maximum atomic E-state index is 11.8. The van der Waals surface area contributed by atoms with Gasteiger partial charge in [0.15, 0.2) is 0 Å². The van der Waals surface area contributed by atoms with Crippen LogP contribution in [0.2, 0.25) is 0 Å². The van der Waals surface area contributed by atoms with Gasteiger partial charge in [-0.15, -0.1) is 0 Å². The van der Waals surface area contributed by atoms with E-state index in [0.29, 0.717) is 12.6 Å². The molecule has 0 heterocycles. The summed E-state index contributed by atoms with van der Waals surface area (Å²) in [6.07, 6.45) is 4.89. The van der Waals surface area contributed by atoms with E-state index in [2.05, 4.69) is 5.32 Å². The van der Waals surface area contributed by atoms with Gasteiger partial charge in [0.2, 0.25) is 0 Å². The number of carbonyl (C=O) groups is 1. The second kappa shape index (κ2) is 6.55. The van der Waals surface area contributed by atoms with Gasteiger partial charge in [0.1, 0.15) is 12.6 Å². The Morgan fingerprint density at radius 3 is 2.67 bits per heavy atom. The van der Waals surface area contributed by atoms with E-state index in [1.165, 1.54) is 25.7 Å². The summed E-state index contributed by atoms with van der Waals surface area (Å²) in [4.78, 5) is 11.8. The van der Waals surface area contributed by atoms with Gasteiger partial charge in [-0.2, -0.15) is 0 Å². The van der Waals surface area contributed by atoms with Gasteiger partial charge in [-0.3, -0.25) is 4.79 Å². The van der Waals surface area contributed by atoms with Crippen LogP contribution in [-0.2, 0) is 16.1 Å². The van der Waals surface area contributed by atoms with Crippen LogP contribution in [-0.4, -0.2) is 18.1 Å². The summed E-state index contributed by atoms with van der Waals surface area (Å²) in [6, 6.07) is 10.0. The first-order valence-electron chi connectivity index (χ1n) is 6.72. The summed E-state index contributed by atoms with van der Waals surface area (Å²) in [5.41, 5.74) is 1.03. The van der Waals surface area contributed by atoms with Gasteiger partial charge >= 0.3 is 5.97 Å². The highest BCUT2D eigenvalue weighted by Crippen LogP contribution is 2.18. The smallest absolute Gasteiger partial charge is 0.323 e. The molecule has 1 N–H and O–H groups in total. The SMILES string of the molecule is C[C@H](NC1CCCC1)C(=O)OCc1ccccc1. The van der Waals surface area contributed by atoms with Crippen molar-refractivity contribution in [3.05, 3.63) is 35.9 Å². The predicted molar refractivity (Wildman–Crippen MR) is 71.1 cm³/mol. The first-order valence-corrected chi connectivity index (χ1v) is 6.72. The van der Waals surface area contributed by atoms with Crippen molar-refractivity contribution in [2.24, 2.45) is 0 Å². The Morgan fingerprint density at radius 2 is 2.00 bits per heavy atom. The molecule has 1 aliphatic rings. The van der Waals surface area contributed by atoms with Gasteiger partial charge in [-0.05, 0) is 25.3 Å². The third kappa shape index (κ3) is 3.84. The summed E-state index contributed by atoms with van der Waals surface area (Å²) in [5, 5.41) is 3.34. The molecule has 0 amide bonds. The molecule has 3 heteroatoms. The maximum absolute atomic E-state index is 11.8. The lowest BCUT2D eigenvalue weighted by molar-refractivity contribution is -0.147. The third-order valence-corrected chi connectivity index (χ3v) is 3.42. The first-order chi connectivity index (χ1) is 8.75. The van der Waals surface area contributed by atoms with Crippen molar-refractivity contribution in [3.8, 4) is 0 Å². The summed E-state index contributed by atoms with van der Waals surface area (Å²) in [7, 11) is 0. The molecule has 0 aliphatic heterocycles. The molecule has 1 fully saturated rings. The second-order valence-electron chi connectivity index (χ2n) is 4.96. The summed E-state index contributed by atoms with van der Waals surface area (Å²) in [5.74, 6) is -0.161. The van der Waals surface area contributed by atoms with E-state index in [4.69, 9.17) is 4.74 Å². The van der Waals surface area contributed by atoms with Gasteiger partial charge in [0, 0.05) is 6.04 Å². The molecule has 1 aromatic rings. The van der Waals surface area contributed by atoms with Crippen LogP contribution in [0.1, 0.15) is 38.2 Å². The van der Waals surface area contributed by atoms with Crippen LogP contribution in [0.5, 0.6) is 0 Å². The number of carbonyl (C=O) groups excluding carboxylic acids is 1. The summed E-state index contributed by atoms with van der Waals surface area (Å²) in [6.45, 7) is 2.24. The molecule has 3 nitrogen and oxygen atoms in total. The summed E-state index contributed by atoms with van der Waals surface area (Å²) >= 11 is 0. The number of hydrogen-bond acceptors (Lipinski definition) is 3. The molecule has 0 aromatic heterocycles. The Labute approximate surface area is 109 Å². The Morgan fingerprint density at radius 1 is 1.33 bits per heavy atom. The molecule has 1 aliphatic carbocycles. The van der Waals surface area contributed by atoms with Gasteiger partial charge in [0.05, 0.1) is 0 Å². The van der Waals surface area contributed by atoms with Crippen LogP contribution < -0.4 is 5.32 Å². The zero-order valence-electron chi connectivity index (χ0n) is 10.9. The lowest BCUT2D eigenvalue weighted by Gasteiger charge is -2.18. The monoisotopic (exact) mass is 247 g/mol. The minimum atomic E-state index is -0.211. The van der Waals surface area contributed by atoms with Crippen molar-refractivity contribution >= 4 is 5.97 Å². The molecule has 18 heavy (non-hydrogen) atoms. The molecule has 0 unspecified atom stereocenters. The van der Waals surface area contributed by atoms with Gasteiger partial charge < -0.3 is 10.1 Å². The lowest BCUT2D eigenvalue weighted by Crippen LogP contribution is -2.40. The van der Waals surface area contributed by atoms with Gasteiger partial charge in [0.25, 0.3) is 0 Å². The van der Waals surface area contributed by atoms with Crippen LogP contribution in [0.4, 0.5) is 0 Å². The molecule has 2 rings (SSSR count). The van der Waals surface area contributed by atoms with Crippen LogP contribution in [0, 0.1) is 0 Å². The fraction of sp³-hybridized carbons (Fsp3) is 0.533. The fourth-order valence-electron chi connectivity index (χ4n) is 2.37. The molecule has 98 valence electrons. The predicted octanol–water partition coefficient (Wildman–Crippen LogP) is 2.65. The van der Waals surface area contributed by atoms with Crippen molar-refractivity contribution in [3.63, 3.8) is 0 Å². The lowest BCUT2D eigenvalue weighted by atomic mass is 10.2. The number of esters is 1. The largest absolute Gasteiger partial charge is 0.460 e. The van der Waals surface area contributed by atoms with Crippen molar-refractivity contribution in [1.82, 2.24) is 5.32 Å². The highest BCUT2D eigenvalue weighted by atomic mass is 16.5.